The fourth-order valence-electron chi connectivity index (χ4n) is 4.02. The Balaban J connectivity index is 1.44. The average molecular weight is 436 g/mol. The van der Waals surface area contributed by atoms with E-state index in [0.29, 0.717) is 17.2 Å². The van der Waals surface area contributed by atoms with E-state index in [2.05, 4.69) is 32.8 Å². The summed E-state index contributed by atoms with van der Waals surface area (Å²) in [6.45, 7) is 6.65. The smallest absolute Gasteiger partial charge is 0.248 e. The van der Waals surface area contributed by atoms with Gasteiger partial charge in [-0.25, -0.2) is 4.99 Å². The van der Waals surface area contributed by atoms with Crippen molar-refractivity contribution in [3.8, 4) is 0 Å². The maximum Gasteiger partial charge on any atom is 0.248 e. The first-order valence-electron chi connectivity index (χ1n) is 10.4. The van der Waals surface area contributed by atoms with Gasteiger partial charge in [-0.1, -0.05) is 48.5 Å². The molecule has 2 aromatic carbocycles. The van der Waals surface area contributed by atoms with Gasteiger partial charge in [0.2, 0.25) is 5.56 Å². The highest BCUT2D eigenvalue weighted by Gasteiger charge is 2.23. The number of rotatable bonds is 6. The first kappa shape index (κ1) is 21.2. The molecule has 1 aliphatic heterocycles. The number of piperidine rings is 1. The number of nitrogens with one attached hydrogen (secondary N) is 2. The molecule has 7 heteroatoms. The van der Waals surface area contributed by atoms with Gasteiger partial charge < -0.3 is 16.0 Å². The standard InChI is InChI=1S/C24H26ClN5O/c1-16(27-21-10-4-7-17-11-12-22(31)29-23(17)21)28-24(26)19-8-5-13-30(15-19)14-18-6-2-3-9-20(18)25/h2-4,6-7,9-12,19,27H,1,5,8,13-15H2,(H2,26,28)(H,29,31). The highest BCUT2D eigenvalue weighted by atomic mass is 35.5. The second kappa shape index (κ2) is 9.37. The largest absolute Gasteiger partial charge is 0.387 e. The van der Waals surface area contributed by atoms with Crippen LogP contribution in [0.15, 0.2) is 76.8 Å². The minimum Gasteiger partial charge on any atom is -0.387 e. The number of hydrogen-bond acceptors (Lipinski definition) is 4. The number of pyridine rings is 1. The van der Waals surface area contributed by atoms with Crippen LogP contribution < -0.4 is 16.6 Å². The van der Waals surface area contributed by atoms with E-state index in [-0.39, 0.29) is 11.5 Å². The van der Waals surface area contributed by atoms with E-state index < -0.39 is 0 Å². The average Bonchev–Trinajstić information content (AvgIpc) is 2.76. The summed E-state index contributed by atoms with van der Waals surface area (Å²) in [7, 11) is 0. The first-order valence-corrected chi connectivity index (χ1v) is 10.7. The van der Waals surface area contributed by atoms with E-state index in [1.807, 2.05) is 36.4 Å². The number of nitrogens with two attached hydrogens (primary N) is 1. The fraction of sp³-hybridized carbons (Fsp3) is 0.250. The Bertz CT molecular complexity index is 1190. The van der Waals surface area contributed by atoms with Gasteiger partial charge in [0.15, 0.2) is 0 Å². The van der Waals surface area contributed by atoms with Crippen molar-refractivity contribution in [1.82, 2.24) is 9.88 Å². The normalized spacial score (nSPS) is 17.6. The van der Waals surface area contributed by atoms with Gasteiger partial charge in [-0.3, -0.25) is 9.69 Å². The predicted octanol–water partition coefficient (Wildman–Crippen LogP) is 4.33. The molecule has 31 heavy (non-hydrogen) atoms. The Hall–Kier alpha value is -3.09. The fourth-order valence-corrected chi connectivity index (χ4v) is 4.22. The SMILES string of the molecule is C=C(/N=C(\N)C1CCCN(Cc2ccccc2Cl)C1)Nc1cccc2ccc(=O)[nH]c12. The van der Waals surface area contributed by atoms with Gasteiger partial charge in [0.1, 0.15) is 11.7 Å². The summed E-state index contributed by atoms with van der Waals surface area (Å²) in [5.74, 6) is 1.16. The van der Waals surface area contributed by atoms with E-state index in [0.717, 1.165) is 54.1 Å². The molecule has 160 valence electrons. The quantitative estimate of drug-likeness (QED) is 0.397. The lowest BCUT2D eigenvalue weighted by Gasteiger charge is -2.32. The lowest BCUT2D eigenvalue weighted by Crippen LogP contribution is -2.41. The Morgan fingerprint density at radius 2 is 2.06 bits per heavy atom. The number of benzene rings is 2. The number of hydrogen-bond donors (Lipinski definition) is 3. The number of nitrogens with zero attached hydrogens (tertiary/aromatic N) is 2. The van der Waals surface area contributed by atoms with Crippen molar-refractivity contribution >= 4 is 34.0 Å². The van der Waals surface area contributed by atoms with Gasteiger partial charge in [-0.2, -0.15) is 0 Å². The number of fused-ring (bicyclic) bond motifs is 1. The van der Waals surface area contributed by atoms with Crippen LogP contribution >= 0.6 is 11.6 Å². The minimum atomic E-state index is -0.156. The molecule has 6 nitrogen and oxygen atoms in total. The lowest BCUT2D eigenvalue weighted by molar-refractivity contribution is 0.196. The molecule has 1 atom stereocenters. The van der Waals surface area contributed by atoms with Gasteiger partial charge in [-0.05, 0) is 43.1 Å². The van der Waals surface area contributed by atoms with Gasteiger partial charge in [-0.15, -0.1) is 0 Å². The first-order chi connectivity index (χ1) is 15.0. The number of aromatic amines is 1. The Labute approximate surface area is 186 Å². The third-order valence-corrected chi connectivity index (χ3v) is 5.95. The Morgan fingerprint density at radius 3 is 2.90 bits per heavy atom. The molecule has 0 radical (unpaired) electrons. The maximum absolute atomic E-state index is 11.7. The zero-order valence-corrected chi connectivity index (χ0v) is 18.0. The van der Waals surface area contributed by atoms with E-state index in [1.165, 1.54) is 6.07 Å². The van der Waals surface area contributed by atoms with Crippen molar-refractivity contribution in [2.75, 3.05) is 18.4 Å². The van der Waals surface area contributed by atoms with Crippen LogP contribution in [0.3, 0.4) is 0 Å². The number of anilines is 1. The molecule has 4 N–H and O–H groups in total. The van der Waals surface area contributed by atoms with Crippen molar-refractivity contribution in [1.29, 1.82) is 0 Å². The number of likely N-dealkylation sites (tertiary alicyclic amines) is 1. The van der Waals surface area contributed by atoms with Gasteiger partial charge in [0, 0.05) is 35.5 Å². The predicted molar refractivity (Wildman–Crippen MR) is 128 cm³/mol. The highest BCUT2D eigenvalue weighted by Crippen LogP contribution is 2.24. The molecule has 1 saturated heterocycles. The molecule has 3 aromatic rings. The zero-order valence-electron chi connectivity index (χ0n) is 17.3. The summed E-state index contributed by atoms with van der Waals surface area (Å²) in [5.41, 5.74) is 8.78. The second-order valence-corrected chi connectivity index (χ2v) is 8.27. The van der Waals surface area contributed by atoms with E-state index >= 15 is 0 Å². The van der Waals surface area contributed by atoms with Gasteiger partial charge in [0.25, 0.3) is 0 Å². The van der Waals surface area contributed by atoms with Crippen molar-refractivity contribution in [3.05, 3.63) is 87.9 Å². The molecule has 1 fully saturated rings. The third kappa shape index (κ3) is 5.16. The topological polar surface area (TPSA) is 86.5 Å². The molecule has 0 spiro atoms. The van der Waals surface area contributed by atoms with Crippen LogP contribution in [0.4, 0.5) is 5.69 Å². The molecule has 4 rings (SSSR count). The number of halogens is 1. The van der Waals surface area contributed by atoms with E-state index in [4.69, 9.17) is 17.3 Å². The van der Waals surface area contributed by atoms with Crippen LogP contribution in [-0.2, 0) is 6.54 Å². The monoisotopic (exact) mass is 435 g/mol. The molecule has 0 saturated carbocycles. The van der Waals surface area contributed by atoms with Crippen LogP contribution in [0.25, 0.3) is 10.9 Å². The van der Waals surface area contributed by atoms with Crippen LogP contribution in [0.5, 0.6) is 0 Å². The van der Waals surface area contributed by atoms with Crippen LogP contribution in [0, 0.1) is 5.92 Å². The lowest BCUT2D eigenvalue weighted by atomic mass is 9.96. The number of H-pyrrole nitrogens is 1. The molecule has 0 amide bonds. The van der Waals surface area contributed by atoms with Gasteiger partial charge in [0.05, 0.1) is 11.2 Å². The minimum absolute atomic E-state index is 0.155. The Kier molecular flexibility index (Phi) is 6.39. The molecular weight excluding hydrogens is 410 g/mol. The molecular formula is C24H26ClN5O. The highest BCUT2D eigenvalue weighted by molar-refractivity contribution is 6.31. The van der Waals surface area contributed by atoms with Crippen molar-refractivity contribution in [3.63, 3.8) is 0 Å². The van der Waals surface area contributed by atoms with Gasteiger partial charge >= 0.3 is 0 Å². The summed E-state index contributed by atoms with van der Waals surface area (Å²) in [6.07, 6.45) is 2.04. The summed E-state index contributed by atoms with van der Waals surface area (Å²) in [6, 6.07) is 17.0. The zero-order chi connectivity index (χ0) is 21.8. The van der Waals surface area contributed by atoms with Crippen LogP contribution in [-0.4, -0.2) is 28.8 Å². The molecule has 0 bridgehead atoms. The Morgan fingerprint density at radius 1 is 1.23 bits per heavy atom. The van der Waals surface area contributed by atoms with E-state index in [1.54, 1.807) is 6.07 Å². The summed E-state index contributed by atoms with van der Waals surface area (Å²) >= 11 is 6.32. The van der Waals surface area contributed by atoms with Crippen molar-refractivity contribution in [2.24, 2.45) is 16.6 Å². The molecule has 1 aliphatic rings. The maximum atomic E-state index is 11.7. The molecule has 0 aliphatic carbocycles. The molecule has 2 heterocycles. The second-order valence-electron chi connectivity index (χ2n) is 7.87. The van der Waals surface area contributed by atoms with E-state index in [9.17, 15) is 4.79 Å². The van der Waals surface area contributed by atoms with Crippen LogP contribution in [0.1, 0.15) is 18.4 Å². The number of para-hydroxylation sites is 1. The summed E-state index contributed by atoms with van der Waals surface area (Å²) in [5, 5.41) is 4.89. The number of amidine groups is 1. The van der Waals surface area contributed by atoms with Crippen molar-refractivity contribution in [2.45, 2.75) is 19.4 Å². The van der Waals surface area contributed by atoms with Crippen LogP contribution in [0.2, 0.25) is 5.02 Å². The summed E-state index contributed by atoms with van der Waals surface area (Å²) < 4.78 is 0. The molecule has 1 aromatic heterocycles. The number of aromatic nitrogens is 1. The number of aliphatic imine (C=N–C) groups is 1. The third-order valence-electron chi connectivity index (χ3n) is 5.58. The van der Waals surface area contributed by atoms with Crippen molar-refractivity contribution < 1.29 is 0 Å². The summed E-state index contributed by atoms with van der Waals surface area (Å²) in [4.78, 5) is 21.5. The molecule has 1 unspecified atom stereocenters.